The lowest BCUT2D eigenvalue weighted by atomic mass is 10.2. The molecule has 0 unspecified atom stereocenters. The third kappa shape index (κ3) is 4.44. The number of hydrogen-bond acceptors (Lipinski definition) is 4. The van der Waals surface area contributed by atoms with Crippen molar-refractivity contribution in [3.63, 3.8) is 0 Å². The molecule has 2 N–H and O–H groups in total. The average Bonchev–Trinajstić information content (AvgIpc) is 2.57. The van der Waals surface area contributed by atoms with Crippen LogP contribution in [0.15, 0.2) is 71.2 Å². The van der Waals surface area contributed by atoms with E-state index in [0.717, 1.165) is 5.75 Å². The van der Waals surface area contributed by atoms with Crippen LogP contribution in [-0.2, 0) is 4.79 Å². The highest BCUT2D eigenvalue weighted by atomic mass is 16.5. The number of carbonyl (C=O) groups excluding carboxylic acids is 1. The van der Waals surface area contributed by atoms with Gasteiger partial charge < -0.3 is 15.2 Å². The summed E-state index contributed by atoms with van der Waals surface area (Å²) >= 11 is 0. The van der Waals surface area contributed by atoms with Crippen LogP contribution in [0.4, 0.5) is 0 Å². The number of nitrogens with two attached hydrogens (primary N) is 1. The summed E-state index contributed by atoms with van der Waals surface area (Å²) in [6.07, 6.45) is 1.57. The second-order valence-electron chi connectivity index (χ2n) is 4.58. The van der Waals surface area contributed by atoms with Crippen molar-refractivity contribution in [3.05, 3.63) is 66.2 Å². The van der Waals surface area contributed by atoms with Gasteiger partial charge in [-0.25, -0.2) is 0 Å². The first-order valence-corrected chi connectivity index (χ1v) is 7.08. The van der Waals surface area contributed by atoms with E-state index in [1.54, 1.807) is 37.3 Å². The van der Waals surface area contributed by atoms with Gasteiger partial charge in [-0.05, 0) is 43.3 Å². The molecular formula is C18H18N2O3. The largest absolute Gasteiger partial charge is 0.457 e. The molecule has 0 radical (unpaired) electrons. The molecule has 2 aromatic rings. The van der Waals surface area contributed by atoms with Gasteiger partial charge in [-0.15, -0.1) is 0 Å². The summed E-state index contributed by atoms with van der Waals surface area (Å²) in [4.78, 5) is 15.3. The van der Waals surface area contributed by atoms with Gasteiger partial charge in [-0.3, -0.25) is 9.79 Å². The molecule has 0 aliphatic heterocycles. The van der Waals surface area contributed by atoms with E-state index in [4.69, 9.17) is 15.2 Å². The molecule has 0 saturated heterocycles. The van der Waals surface area contributed by atoms with Gasteiger partial charge in [0, 0.05) is 7.05 Å². The van der Waals surface area contributed by atoms with Crippen LogP contribution < -0.4 is 15.2 Å². The number of allylic oxidation sites excluding steroid dienone is 1. The molecule has 0 saturated carbocycles. The second kappa shape index (κ2) is 7.79. The molecule has 0 aliphatic carbocycles. The molecule has 0 fully saturated rings. The van der Waals surface area contributed by atoms with Crippen molar-refractivity contribution in [3.8, 4) is 17.2 Å². The normalized spacial score (nSPS) is 11.9. The van der Waals surface area contributed by atoms with Crippen molar-refractivity contribution >= 4 is 11.8 Å². The van der Waals surface area contributed by atoms with Crippen molar-refractivity contribution in [1.82, 2.24) is 0 Å². The van der Waals surface area contributed by atoms with Gasteiger partial charge in [-0.2, -0.15) is 0 Å². The fraction of sp³-hybridized carbons (Fsp3) is 0.111. The van der Waals surface area contributed by atoms with Crippen LogP contribution in [0.1, 0.15) is 6.92 Å². The van der Waals surface area contributed by atoms with Crippen molar-refractivity contribution in [2.45, 2.75) is 6.92 Å². The molecule has 1 amide bonds. The molecule has 0 spiro atoms. The minimum Gasteiger partial charge on any atom is -0.457 e. The van der Waals surface area contributed by atoms with Gasteiger partial charge in [0.1, 0.15) is 17.2 Å². The number of nitrogens with zero attached hydrogens (tertiary/aromatic N) is 1. The molecule has 23 heavy (non-hydrogen) atoms. The highest BCUT2D eigenvalue weighted by molar-refractivity contribution is 6.18. The number of para-hydroxylation sites is 1. The molecule has 2 aromatic carbocycles. The third-order valence-electron chi connectivity index (χ3n) is 3.00. The van der Waals surface area contributed by atoms with Crippen molar-refractivity contribution in [2.75, 3.05) is 7.05 Å². The van der Waals surface area contributed by atoms with Crippen LogP contribution in [0.2, 0.25) is 0 Å². The van der Waals surface area contributed by atoms with Crippen molar-refractivity contribution < 1.29 is 14.3 Å². The fourth-order valence-electron chi connectivity index (χ4n) is 1.90. The fourth-order valence-corrected chi connectivity index (χ4v) is 1.90. The average molecular weight is 310 g/mol. The first kappa shape index (κ1) is 16.3. The molecule has 118 valence electrons. The molecule has 2 rings (SSSR count). The molecule has 0 aromatic heterocycles. The van der Waals surface area contributed by atoms with E-state index in [0.29, 0.717) is 11.5 Å². The predicted molar refractivity (Wildman–Crippen MR) is 89.9 cm³/mol. The van der Waals surface area contributed by atoms with E-state index >= 15 is 0 Å². The Hall–Kier alpha value is -3.08. The minimum atomic E-state index is -0.586. The van der Waals surface area contributed by atoms with Crippen molar-refractivity contribution in [1.29, 1.82) is 0 Å². The van der Waals surface area contributed by atoms with Gasteiger partial charge in [0.15, 0.2) is 0 Å². The van der Waals surface area contributed by atoms with Gasteiger partial charge in [0.05, 0.1) is 5.57 Å². The molecular weight excluding hydrogens is 292 g/mol. The standard InChI is InChI=1S/C18H18N2O3/c1-3-16(17(19)21)18(20-2)23-15-11-9-14(10-12-15)22-13-7-5-4-6-8-13/h3-12H,1-2H3,(H2,19,21)/b16-3-,20-18?. The number of ether oxygens (including phenoxy) is 2. The number of aliphatic imine (C=N–C) groups is 1. The molecule has 0 bridgehead atoms. The molecule has 5 heteroatoms. The van der Waals surface area contributed by atoms with Gasteiger partial charge >= 0.3 is 0 Å². The quantitative estimate of drug-likeness (QED) is 0.523. The maximum absolute atomic E-state index is 11.4. The minimum absolute atomic E-state index is 0.178. The summed E-state index contributed by atoms with van der Waals surface area (Å²) in [5.74, 6) is 1.56. The van der Waals surface area contributed by atoms with E-state index in [2.05, 4.69) is 4.99 Å². The van der Waals surface area contributed by atoms with E-state index in [9.17, 15) is 4.79 Å². The van der Waals surface area contributed by atoms with Crippen LogP contribution in [0, 0.1) is 0 Å². The molecule has 5 nitrogen and oxygen atoms in total. The number of benzene rings is 2. The lowest BCUT2D eigenvalue weighted by molar-refractivity contribution is -0.114. The summed E-state index contributed by atoms with van der Waals surface area (Å²) in [7, 11) is 1.54. The Morgan fingerprint density at radius 1 is 1.00 bits per heavy atom. The van der Waals surface area contributed by atoms with Crippen LogP contribution in [-0.4, -0.2) is 18.9 Å². The summed E-state index contributed by atoms with van der Waals surface area (Å²) in [5.41, 5.74) is 5.53. The van der Waals surface area contributed by atoms with Gasteiger partial charge in [0.2, 0.25) is 5.90 Å². The summed E-state index contributed by atoms with van der Waals surface area (Å²) in [6, 6.07) is 16.5. The Labute approximate surface area is 135 Å². The maximum atomic E-state index is 11.4. The Bertz CT molecular complexity index is 720. The lowest BCUT2D eigenvalue weighted by Gasteiger charge is -2.10. The highest BCUT2D eigenvalue weighted by Crippen LogP contribution is 2.24. The zero-order chi connectivity index (χ0) is 16.7. The topological polar surface area (TPSA) is 73.9 Å². The van der Waals surface area contributed by atoms with Crippen molar-refractivity contribution in [2.24, 2.45) is 10.7 Å². The van der Waals surface area contributed by atoms with Gasteiger partial charge in [0.25, 0.3) is 5.91 Å². The summed E-state index contributed by atoms with van der Waals surface area (Å²) < 4.78 is 11.3. The van der Waals surface area contributed by atoms with E-state index < -0.39 is 5.91 Å². The first-order chi connectivity index (χ1) is 11.1. The monoisotopic (exact) mass is 310 g/mol. The van der Waals surface area contributed by atoms with Crippen LogP contribution in [0.3, 0.4) is 0 Å². The zero-order valence-electron chi connectivity index (χ0n) is 13.0. The number of rotatable bonds is 5. The first-order valence-electron chi connectivity index (χ1n) is 7.08. The Morgan fingerprint density at radius 3 is 2.09 bits per heavy atom. The molecule has 0 heterocycles. The number of hydrogen-bond donors (Lipinski definition) is 1. The number of amides is 1. The maximum Gasteiger partial charge on any atom is 0.253 e. The molecule has 0 atom stereocenters. The number of primary amides is 1. The van der Waals surface area contributed by atoms with Gasteiger partial charge in [-0.1, -0.05) is 24.3 Å². The second-order valence-corrected chi connectivity index (χ2v) is 4.58. The smallest absolute Gasteiger partial charge is 0.253 e. The van der Waals surface area contributed by atoms with E-state index in [1.165, 1.54) is 7.05 Å². The zero-order valence-corrected chi connectivity index (χ0v) is 13.0. The van der Waals surface area contributed by atoms with Crippen LogP contribution in [0.5, 0.6) is 17.2 Å². The van der Waals surface area contributed by atoms with E-state index in [-0.39, 0.29) is 11.5 Å². The van der Waals surface area contributed by atoms with E-state index in [1.807, 2.05) is 30.3 Å². The number of carbonyl (C=O) groups is 1. The third-order valence-corrected chi connectivity index (χ3v) is 3.00. The Balaban J connectivity index is 2.09. The highest BCUT2D eigenvalue weighted by Gasteiger charge is 2.14. The summed E-state index contributed by atoms with van der Waals surface area (Å²) in [5, 5.41) is 0. The molecule has 0 aliphatic rings. The summed E-state index contributed by atoms with van der Waals surface area (Å²) in [6.45, 7) is 1.70. The Morgan fingerprint density at radius 2 is 1.57 bits per heavy atom. The van der Waals surface area contributed by atoms with Crippen LogP contribution >= 0.6 is 0 Å². The SMILES string of the molecule is C/C=C(/C(N)=O)C(=NC)Oc1ccc(Oc2ccccc2)cc1. The van der Waals surface area contributed by atoms with Crippen LogP contribution in [0.25, 0.3) is 0 Å². The predicted octanol–water partition coefficient (Wildman–Crippen LogP) is 3.32. The Kier molecular flexibility index (Phi) is 5.52. The lowest BCUT2D eigenvalue weighted by Crippen LogP contribution is -2.24.